The Hall–Kier alpha value is 1.53. The Morgan fingerprint density at radius 1 is 1.00 bits per heavy atom. The van der Waals surface area contributed by atoms with Crippen LogP contribution in [0.5, 0.6) is 0 Å². The van der Waals surface area contributed by atoms with Gasteiger partial charge in [0.2, 0.25) is 5.82 Å². The molecule has 8 unspecified atom stereocenters. The smallest absolute Gasteiger partial charge is 0.219 e. The Morgan fingerprint density at radius 2 is 1.52 bits per heavy atom. The summed E-state index contributed by atoms with van der Waals surface area (Å²) in [6, 6.07) is 0. The Morgan fingerprint density at radius 3 is 1.93 bits per heavy atom. The molecule has 1 nitrogen and oxygen atoms in total. The van der Waals surface area contributed by atoms with Gasteiger partial charge in [0.05, 0.1) is 4.90 Å². The minimum Gasteiger partial charge on any atom is -0.313 e. The molecule has 8 atom stereocenters. The molecule has 0 aromatic carbocycles. The highest BCUT2D eigenvalue weighted by atomic mass is 31.1. The van der Waals surface area contributed by atoms with Crippen LogP contribution >= 0.6 is 37.0 Å². The molecule has 0 radical (unpaired) electrons. The highest BCUT2D eigenvalue weighted by Crippen LogP contribution is 2.46. The van der Waals surface area contributed by atoms with Gasteiger partial charge >= 0.3 is 0 Å². The van der Waals surface area contributed by atoms with E-state index in [4.69, 9.17) is 0 Å². The molecule has 0 spiro atoms. The van der Waals surface area contributed by atoms with E-state index < -0.39 is 21.3 Å². The van der Waals surface area contributed by atoms with Crippen LogP contribution in [0.1, 0.15) is 60.3 Å². The van der Waals surface area contributed by atoms with Crippen molar-refractivity contribution in [1.82, 2.24) is 5.32 Å². The van der Waals surface area contributed by atoms with Crippen LogP contribution in [0.3, 0.4) is 0 Å². The van der Waals surface area contributed by atoms with Gasteiger partial charge in [-0.15, -0.1) is 27.7 Å². The van der Waals surface area contributed by atoms with Crippen LogP contribution in [-0.4, -0.2) is 42.2 Å². The van der Waals surface area contributed by atoms with Crippen molar-refractivity contribution in [1.29, 1.82) is 0 Å². The summed E-state index contributed by atoms with van der Waals surface area (Å²) in [5, 5.41) is 1.36. The number of nitrogens with one attached hydrogen (secondary N) is 1. The third kappa shape index (κ3) is 9.92. The van der Waals surface area contributed by atoms with Gasteiger partial charge in [-0.1, -0.05) is 50.3 Å². The quantitative estimate of drug-likeness (QED) is 0.233. The van der Waals surface area contributed by atoms with Crippen molar-refractivity contribution in [3.05, 3.63) is 0 Å². The van der Waals surface area contributed by atoms with E-state index in [2.05, 4.69) is 63.0 Å². The number of halogens is 3. The first-order valence-electron chi connectivity index (χ1n) is 9.87. The monoisotopic (exact) mass is 463 g/mol. The van der Waals surface area contributed by atoms with Crippen LogP contribution in [0.15, 0.2) is 0 Å². The second-order valence-corrected chi connectivity index (χ2v) is 14.2. The van der Waals surface area contributed by atoms with Gasteiger partial charge in [-0.2, -0.15) is 0 Å². The maximum Gasteiger partial charge on any atom is 0.219 e. The largest absolute Gasteiger partial charge is 0.313 e. The lowest BCUT2D eigenvalue weighted by molar-refractivity contribution is 0.0674. The molecule has 9 heteroatoms. The van der Waals surface area contributed by atoms with Gasteiger partial charge in [-0.05, 0) is 43.6 Å². The molecule has 0 saturated heterocycles. The SMILES string of the molecule is BC(F)(F)C(P)(P)CC(C)C(C)CC(CC)CCNCC(F)(P)C(C)(C)P. The van der Waals surface area contributed by atoms with Gasteiger partial charge in [0.1, 0.15) is 5.41 Å². The number of hydrogen-bond donors (Lipinski definition) is 1. The lowest BCUT2D eigenvalue weighted by Crippen LogP contribution is -2.44. The fraction of sp³-hybridized carbons (Fsp3) is 1.00. The molecule has 1 N–H and O–H groups in total. The van der Waals surface area contributed by atoms with E-state index in [9.17, 15) is 13.2 Å². The standard InChI is InChI=1S/C18H41BF3NP4/c1-6-14(7-8-23-11-16(20,25)15(4,5)24)9-12(2)13(3)10-17(26,27)18(19,21)22/h12-14,23H,6-11,19,24-27H2,1-5H3. The second kappa shape index (κ2) is 11.2. The Balaban J connectivity index is 4.47. The first-order valence-corrected chi connectivity index (χ1v) is 12.2. The van der Waals surface area contributed by atoms with Gasteiger partial charge < -0.3 is 5.32 Å². The van der Waals surface area contributed by atoms with Crippen molar-refractivity contribution in [2.75, 3.05) is 13.1 Å². The van der Waals surface area contributed by atoms with Gasteiger partial charge in [0, 0.05) is 11.7 Å². The zero-order chi connectivity index (χ0) is 21.7. The zero-order valence-corrected chi connectivity index (χ0v) is 22.5. The maximum atomic E-state index is 14.6. The van der Waals surface area contributed by atoms with Gasteiger partial charge in [0.15, 0.2) is 7.85 Å². The summed E-state index contributed by atoms with van der Waals surface area (Å²) in [7, 11) is 10.5. The molecule has 0 heterocycles. The topological polar surface area (TPSA) is 12.0 Å². The summed E-state index contributed by atoms with van der Waals surface area (Å²) < 4.78 is 42.1. The van der Waals surface area contributed by atoms with Crippen LogP contribution < -0.4 is 5.32 Å². The summed E-state index contributed by atoms with van der Waals surface area (Å²) in [6.07, 6.45) is 3.48. The first-order chi connectivity index (χ1) is 11.9. The average molecular weight is 463 g/mol. The summed E-state index contributed by atoms with van der Waals surface area (Å²) in [5.74, 6) is -1.66. The van der Waals surface area contributed by atoms with E-state index in [-0.39, 0.29) is 5.92 Å². The fourth-order valence-corrected chi connectivity index (χ4v) is 3.95. The Labute approximate surface area is 175 Å². The normalized spacial score (nSPS) is 19.4. The molecule has 0 aromatic heterocycles. The summed E-state index contributed by atoms with van der Waals surface area (Å²) in [6.45, 7) is 11.2. The average Bonchev–Trinajstić information content (AvgIpc) is 2.47. The summed E-state index contributed by atoms with van der Waals surface area (Å²) in [4.78, 5) is -1.15. The molecular formula is C18H41BF3NP4. The van der Waals surface area contributed by atoms with E-state index >= 15 is 0 Å². The van der Waals surface area contributed by atoms with E-state index in [1.807, 2.05) is 13.8 Å². The lowest BCUT2D eigenvalue weighted by atomic mass is 9.80. The molecule has 0 saturated carbocycles. The fourth-order valence-electron chi connectivity index (χ4n) is 2.96. The summed E-state index contributed by atoms with van der Waals surface area (Å²) >= 11 is 0. The molecule has 0 bridgehead atoms. The van der Waals surface area contributed by atoms with Crippen LogP contribution in [-0.2, 0) is 0 Å². The second-order valence-electron chi connectivity index (χ2n) is 9.15. The molecule has 0 aromatic rings. The van der Waals surface area contributed by atoms with E-state index in [1.54, 1.807) is 0 Å². The minimum atomic E-state index is -2.74. The molecule has 0 aliphatic heterocycles. The predicted octanol–water partition coefficient (Wildman–Crippen LogP) is 4.91. The third-order valence-electron chi connectivity index (χ3n) is 5.91. The van der Waals surface area contributed by atoms with E-state index in [0.29, 0.717) is 24.8 Å². The molecule has 0 aliphatic rings. The highest BCUT2D eigenvalue weighted by Gasteiger charge is 2.43. The zero-order valence-electron chi connectivity index (χ0n) is 17.9. The minimum absolute atomic E-state index is 0.205. The van der Waals surface area contributed by atoms with Crippen LogP contribution in [0, 0.1) is 17.8 Å². The van der Waals surface area contributed by atoms with Crippen molar-refractivity contribution < 1.29 is 13.2 Å². The van der Waals surface area contributed by atoms with Crippen molar-refractivity contribution in [2.24, 2.45) is 17.8 Å². The van der Waals surface area contributed by atoms with Gasteiger partial charge in [-0.3, -0.25) is 0 Å². The number of rotatable bonds is 13. The Kier molecular flexibility index (Phi) is 11.9. The van der Waals surface area contributed by atoms with Crippen molar-refractivity contribution >= 4 is 44.8 Å². The molecule has 162 valence electrons. The maximum absolute atomic E-state index is 14.6. The molecule has 0 rings (SSSR count). The van der Waals surface area contributed by atoms with Gasteiger partial charge in [-0.25, -0.2) is 13.2 Å². The molecule has 0 aliphatic carbocycles. The molecule has 0 fully saturated rings. The lowest BCUT2D eigenvalue weighted by Gasteiger charge is -2.36. The molecule has 27 heavy (non-hydrogen) atoms. The van der Waals surface area contributed by atoms with Crippen LogP contribution in [0.4, 0.5) is 13.2 Å². The predicted molar refractivity (Wildman–Crippen MR) is 132 cm³/mol. The molecular weight excluding hydrogens is 422 g/mol. The van der Waals surface area contributed by atoms with Crippen LogP contribution in [0.25, 0.3) is 0 Å². The molecule has 0 amide bonds. The summed E-state index contributed by atoms with van der Waals surface area (Å²) in [5.41, 5.74) is 0. The first kappa shape index (κ1) is 28.5. The van der Waals surface area contributed by atoms with Crippen LogP contribution in [0.2, 0.25) is 0 Å². The van der Waals surface area contributed by atoms with E-state index in [1.165, 1.54) is 0 Å². The number of hydrogen-bond acceptors (Lipinski definition) is 1. The van der Waals surface area contributed by atoms with E-state index in [0.717, 1.165) is 33.7 Å². The third-order valence-corrected chi connectivity index (χ3v) is 9.16. The van der Waals surface area contributed by atoms with Crippen molar-refractivity contribution in [2.45, 2.75) is 81.6 Å². The number of alkyl halides is 3. The Bertz CT molecular complexity index is 439. The van der Waals surface area contributed by atoms with Crippen molar-refractivity contribution in [3.8, 4) is 0 Å². The highest BCUT2D eigenvalue weighted by molar-refractivity contribution is 7.40. The van der Waals surface area contributed by atoms with Gasteiger partial charge in [0.25, 0.3) is 0 Å². The van der Waals surface area contributed by atoms with Crippen molar-refractivity contribution in [3.63, 3.8) is 0 Å².